The van der Waals surface area contributed by atoms with Gasteiger partial charge in [0, 0.05) is 52.6 Å². The molecular weight excluding hydrogens is 648 g/mol. The molecule has 5 aromatic rings. The second-order valence-corrected chi connectivity index (χ2v) is 13.7. The Balaban J connectivity index is 0.888. The van der Waals surface area contributed by atoms with Crippen molar-refractivity contribution >= 4 is 34.2 Å². The molecule has 2 amide bonds. The van der Waals surface area contributed by atoms with E-state index in [1.165, 1.54) is 5.57 Å². The first-order valence-corrected chi connectivity index (χ1v) is 17.4. The quantitative estimate of drug-likeness (QED) is 0.250. The van der Waals surface area contributed by atoms with Crippen molar-refractivity contribution in [2.75, 3.05) is 44.2 Å². The average Bonchev–Trinajstić information content (AvgIpc) is 3.94. The Morgan fingerprint density at radius 1 is 1.02 bits per heavy atom. The number of hydrogen-bond acceptors (Lipinski definition) is 10. The summed E-state index contributed by atoms with van der Waals surface area (Å²) in [4.78, 5) is 46.8. The second-order valence-electron chi connectivity index (χ2n) is 13.7. The van der Waals surface area contributed by atoms with Crippen molar-refractivity contribution in [3.05, 3.63) is 66.5 Å². The fourth-order valence-electron chi connectivity index (χ4n) is 7.03. The monoisotopic (exact) mass is 688 g/mol. The summed E-state index contributed by atoms with van der Waals surface area (Å²) in [5.74, 6) is 1.30. The van der Waals surface area contributed by atoms with Gasteiger partial charge in [-0.1, -0.05) is 30.3 Å². The van der Waals surface area contributed by atoms with Crippen LogP contribution in [0.3, 0.4) is 0 Å². The molecule has 0 bridgehead atoms. The topological polar surface area (TPSA) is 147 Å². The van der Waals surface area contributed by atoms with Crippen LogP contribution in [0.5, 0.6) is 11.6 Å². The summed E-state index contributed by atoms with van der Waals surface area (Å²) in [6, 6.07) is 15.6. The molecule has 51 heavy (non-hydrogen) atoms. The van der Waals surface area contributed by atoms with Crippen LogP contribution in [0.25, 0.3) is 39.4 Å². The highest BCUT2D eigenvalue weighted by Crippen LogP contribution is 2.39. The number of aromatic amines is 1. The van der Waals surface area contributed by atoms with Crippen molar-refractivity contribution in [3.63, 3.8) is 0 Å². The number of likely N-dealkylation sites (tertiary alicyclic amines) is 1. The van der Waals surface area contributed by atoms with E-state index in [-0.39, 0.29) is 17.7 Å². The van der Waals surface area contributed by atoms with Crippen LogP contribution < -0.4 is 14.4 Å². The van der Waals surface area contributed by atoms with Crippen molar-refractivity contribution < 1.29 is 19.1 Å². The van der Waals surface area contributed by atoms with Crippen LogP contribution in [0.15, 0.2) is 60.9 Å². The molecule has 8 rings (SSSR count). The molecule has 1 N–H and O–H groups in total. The summed E-state index contributed by atoms with van der Waals surface area (Å²) in [7, 11) is 1.85. The number of aryl methyl sites for hydroxylation is 1. The van der Waals surface area contributed by atoms with Gasteiger partial charge in [0.15, 0.2) is 11.6 Å². The van der Waals surface area contributed by atoms with Crippen LogP contribution in [0.4, 0.5) is 5.82 Å². The third kappa shape index (κ3) is 6.42. The number of carbonyl (C=O) groups excluding carboxylic acids is 2. The smallest absolute Gasteiger partial charge is 0.261 e. The number of anilines is 1. The van der Waals surface area contributed by atoms with E-state index in [4.69, 9.17) is 14.5 Å². The first kappa shape index (κ1) is 32.6. The van der Waals surface area contributed by atoms with Crippen LogP contribution in [0, 0.1) is 5.92 Å². The number of aromatic nitrogens is 7. The van der Waals surface area contributed by atoms with Crippen LogP contribution in [-0.2, 0) is 16.6 Å². The number of benzene rings is 1. The Labute approximate surface area is 295 Å². The number of nitrogens with zero attached hydrogens (tertiary/aromatic N) is 9. The molecule has 3 aliphatic rings. The fraction of sp³-hybridized carbons (Fsp3) is 0.378. The lowest BCUT2D eigenvalue weighted by atomic mass is 9.98. The largest absolute Gasteiger partial charge is 0.447 e. The summed E-state index contributed by atoms with van der Waals surface area (Å²) < 4.78 is 13.3. The van der Waals surface area contributed by atoms with Gasteiger partial charge >= 0.3 is 0 Å². The number of carbonyl (C=O) groups is 2. The minimum Gasteiger partial charge on any atom is -0.447 e. The Morgan fingerprint density at radius 3 is 2.59 bits per heavy atom. The molecule has 262 valence electrons. The van der Waals surface area contributed by atoms with E-state index in [1.807, 2.05) is 69.1 Å². The van der Waals surface area contributed by atoms with Gasteiger partial charge in [0.05, 0.1) is 23.7 Å². The average molecular weight is 689 g/mol. The maximum Gasteiger partial charge on any atom is 0.261 e. The third-order valence-electron chi connectivity index (χ3n) is 9.67. The maximum absolute atomic E-state index is 13.9. The molecule has 1 aromatic carbocycles. The highest BCUT2D eigenvalue weighted by atomic mass is 16.7. The number of ether oxygens (including phenoxy) is 2. The Hall–Kier alpha value is -5.63. The second kappa shape index (κ2) is 12.9. The van der Waals surface area contributed by atoms with Gasteiger partial charge in [0.1, 0.15) is 23.4 Å². The first-order chi connectivity index (χ1) is 24.6. The Morgan fingerprint density at radius 2 is 1.84 bits per heavy atom. The predicted octanol–water partition coefficient (Wildman–Crippen LogP) is 4.31. The lowest BCUT2D eigenvalue weighted by molar-refractivity contribution is -0.132. The number of amides is 2. The zero-order chi connectivity index (χ0) is 35.3. The molecule has 1 fully saturated rings. The van der Waals surface area contributed by atoms with Gasteiger partial charge in [0.2, 0.25) is 17.6 Å². The summed E-state index contributed by atoms with van der Waals surface area (Å²) in [5.41, 5.74) is 5.85. The van der Waals surface area contributed by atoms with E-state index in [1.54, 1.807) is 15.9 Å². The lowest BCUT2D eigenvalue weighted by Crippen LogP contribution is -2.42. The van der Waals surface area contributed by atoms with E-state index < -0.39 is 5.79 Å². The van der Waals surface area contributed by atoms with Gasteiger partial charge in [0.25, 0.3) is 5.88 Å². The predicted molar refractivity (Wildman–Crippen MR) is 191 cm³/mol. The summed E-state index contributed by atoms with van der Waals surface area (Å²) in [5, 5.41) is 11.9. The summed E-state index contributed by atoms with van der Waals surface area (Å²) in [6.45, 7) is 8.82. The summed E-state index contributed by atoms with van der Waals surface area (Å²) >= 11 is 0. The first-order valence-electron chi connectivity index (χ1n) is 17.4. The number of hydrogen-bond donors (Lipinski definition) is 1. The highest BCUT2D eigenvalue weighted by molar-refractivity contribution is 5.97. The number of fused-ring (bicyclic) bond motifs is 2. The van der Waals surface area contributed by atoms with Gasteiger partial charge < -0.3 is 14.4 Å². The molecule has 14 heteroatoms. The fourth-order valence-corrected chi connectivity index (χ4v) is 7.03. The van der Waals surface area contributed by atoms with E-state index in [9.17, 15) is 9.59 Å². The van der Waals surface area contributed by atoms with Crippen molar-refractivity contribution in [2.24, 2.45) is 13.0 Å². The Kier molecular flexibility index (Phi) is 8.25. The standard InChI is InChI=1S/C37H40N10O4/c1-5-47(30-13-11-28-32(40-30)33(42-41-28)27-10-12-29-35(39-27)51-37(2,3)50-29)36(49)26-14-17-45(20-26)21-31(48)46-18-15-24(16-19-46)23-6-8-25(9-7-23)34-38-22-44(4)43-34/h6-13,15,22,26H,5,14,16-21H2,1-4H3,(H,41,42)/t26-/m1/s1. The van der Waals surface area contributed by atoms with Crippen LogP contribution >= 0.6 is 0 Å². The SMILES string of the molecule is CCN(C(=O)[C@@H]1CCN(CC(=O)N2CC=C(c3ccc(-c4ncn(C)n4)cc3)CC2)C1)c1ccc2[nH]nc(-c3ccc4c(n3)OC(C)(C)O4)c2n1. The van der Waals surface area contributed by atoms with Crippen LogP contribution in [-0.4, -0.2) is 102 Å². The van der Waals surface area contributed by atoms with Gasteiger partial charge in [-0.15, -0.1) is 0 Å². The van der Waals surface area contributed by atoms with Crippen molar-refractivity contribution in [2.45, 2.75) is 39.4 Å². The lowest BCUT2D eigenvalue weighted by Gasteiger charge is -2.29. The number of H-pyrrole nitrogens is 1. The molecule has 0 unspecified atom stereocenters. The van der Waals surface area contributed by atoms with Crippen molar-refractivity contribution in [3.8, 4) is 34.4 Å². The maximum atomic E-state index is 13.9. The molecule has 1 saturated heterocycles. The van der Waals surface area contributed by atoms with Crippen LogP contribution in [0.1, 0.15) is 39.2 Å². The van der Waals surface area contributed by atoms with Crippen molar-refractivity contribution in [1.82, 2.24) is 44.7 Å². The third-order valence-corrected chi connectivity index (χ3v) is 9.67. The molecule has 0 aliphatic carbocycles. The van der Waals surface area contributed by atoms with Crippen LogP contribution in [0.2, 0.25) is 0 Å². The van der Waals surface area contributed by atoms with E-state index in [2.05, 4.69) is 48.4 Å². The van der Waals surface area contributed by atoms with E-state index >= 15 is 0 Å². The van der Waals surface area contributed by atoms with E-state index in [0.717, 1.165) is 23.1 Å². The molecule has 3 aliphatic heterocycles. The molecule has 4 aromatic heterocycles. The summed E-state index contributed by atoms with van der Waals surface area (Å²) in [6.07, 6.45) is 5.31. The van der Waals surface area contributed by atoms with Gasteiger partial charge in [-0.05, 0) is 61.7 Å². The number of rotatable bonds is 8. The highest BCUT2D eigenvalue weighted by Gasteiger charge is 2.35. The normalized spacial score (nSPS) is 18.3. The Bertz CT molecular complexity index is 2150. The zero-order valence-electron chi connectivity index (χ0n) is 29.2. The molecule has 0 saturated carbocycles. The molecule has 1 atom stereocenters. The molecule has 0 spiro atoms. The van der Waals surface area contributed by atoms with Gasteiger partial charge in [-0.3, -0.25) is 29.2 Å². The minimum absolute atomic E-state index is 0.00294. The molecular formula is C37H40N10O4. The zero-order valence-corrected chi connectivity index (χ0v) is 29.2. The number of pyridine rings is 2. The minimum atomic E-state index is -0.790. The molecule has 0 radical (unpaired) electrons. The molecule has 14 nitrogen and oxygen atoms in total. The van der Waals surface area contributed by atoms with Gasteiger partial charge in [-0.2, -0.15) is 10.2 Å². The van der Waals surface area contributed by atoms with Gasteiger partial charge in [-0.25, -0.2) is 15.0 Å². The van der Waals surface area contributed by atoms with Crippen molar-refractivity contribution in [1.29, 1.82) is 0 Å². The molecule has 7 heterocycles. The number of nitrogens with one attached hydrogen (secondary N) is 1. The van der Waals surface area contributed by atoms with E-state index in [0.29, 0.717) is 85.9 Å².